The van der Waals surface area contributed by atoms with Gasteiger partial charge in [0.1, 0.15) is 11.5 Å². The molecule has 0 N–H and O–H groups in total. The predicted octanol–water partition coefficient (Wildman–Crippen LogP) is 9.09. The minimum atomic E-state index is -0.482. The molecule has 1 saturated carbocycles. The van der Waals surface area contributed by atoms with Crippen molar-refractivity contribution in [3.63, 3.8) is 0 Å². The van der Waals surface area contributed by atoms with E-state index >= 15 is 0 Å². The second-order valence-corrected chi connectivity index (χ2v) is 13.6. The molecule has 2 aliphatic carbocycles. The molecule has 0 aliphatic heterocycles. The molecule has 6 rings (SSSR count). The van der Waals surface area contributed by atoms with Crippen molar-refractivity contribution in [1.29, 1.82) is 10.5 Å². The third-order valence-corrected chi connectivity index (χ3v) is 10.0. The number of nitrogens with zero attached hydrogens (tertiary/aromatic N) is 2. The number of ether oxygens (including phenoxy) is 4. The van der Waals surface area contributed by atoms with Crippen molar-refractivity contribution in [3.8, 4) is 45.9 Å². The van der Waals surface area contributed by atoms with Gasteiger partial charge in [-0.15, -0.1) is 0 Å². The molecule has 4 aromatic rings. The molecular weight excluding hydrogens is 665 g/mol. The summed E-state index contributed by atoms with van der Waals surface area (Å²) in [5, 5.41) is 18.0. The third kappa shape index (κ3) is 9.93. The van der Waals surface area contributed by atoms with Gasteiger partial charge in [-0.05, 0) is 128 Å². The summed E-state index contributed by atoms with van der Waals surface area (Å²) in [5.41, 5.74) is 5.49. The zero-order valence-corrected chi connectivity index (χ0v) is 29.8. The highest BCUT2D eigenvalue weighted by Crippen LogP contribution is 2.49. The van der Waals surface area contributed by atoms with Crippen LogP contribution in [0, 0.1) is 46.3 Å². The summed E-state index contributed by atoms with van der Waals surface area (Å²) >= 11 is 0. The molecule has 0 saturated heterocycles. The Labute approximate surface area is 311 Å². The molecule has 4 atom stereocenters. The number of carbonyl (C=O) groups is 2. The summed E-state index contributed by atoms with van der Waals surface area (Å²) in [6, 6.07) is 35.0. The number of rotatable bonds is 18. The Kier molecular flexibility index (Phi) is 12.9. The first-order chi connectivity index (χ1) is 26.0. The lowest BCUT2D eigenvalue weighted by molar-refractivity contribution is -0.161. The molecule has 0 unspecified atom stereocenters. The lowest BCUT2D eigenvalue weighted by Gasteiger charge is -2.25. The quantitative estimate of drug-likeness (QED) is 0.0571. The van der Waals surface area contributed by atoms with Gasteiger partial charge in [0.25, 0.3) is 0 Å². The van der Waals surface area contributed by atoms with Gasteiger partial charge in [0.05, 0.1) is 61.5 Å². The zero-order valence-electron chi connectivity index (χ0n) is 29.8. The minimum Gasteiger partial charge on any atom is -0.494 e. The number of benzene rings is 4. The first-order valence-electron chi connectivity index (χ1n) is 18.5. The molecule has 2 bridgehead atoms. The Balaban J connectivity index is 0.826. The van der Waals surface area contributed by atoms with Crippen molar-refractivity contribution in [2.75, 3.05) is 26.4 Å². The van der Waals surface area contributed by atoms with Crippen LogP contribution in [-0.4, -0.2) is 38.4 Å². The van der Waals surface area contributed by atoms with Crippen LogP contribution in [0.15, 0.2) is 109 Å². The molecule has 8 heteroatoms. The molecule has 0 heterocycles. The highest BCUT2D eigenvalue weighted by Gasteiger charge is 2.53. The SMILES string of the molecule is N#Cc1ccc(-c2ccc(OCCCCCOC(=O)[C@@H]3[C@@H](C(=O)OCCCCCOc4ccc(-c5ccc(C#N)cc5)cc4)[C@H]4C=C[C@@H]3C4)cc2)cc1. The van der Waals surface area contributed by atoms with Crippen LogP contribution in [0.5, 0.6) is 11.5 Å². The summed E-state index contributed by atoms with van der Waals surface area (Å²) in [4.78, 5) is 26.3. The van der Waals surface area contributed by atoms with E-state index in [9.17, 15) is 9.59 Å². The summed E-state index contributed by atoms with van der Waals surface area (Å²) in [5.74, 6) is 0.0764. The molecule has 2 aliphatic rings. The normalized spacial score (nSPS) is 18.2. The predicted molar refractivity (Wildman–Crippen MR) is 202 cm³/mol. The van der Waals surface area contributed by atoms with Gasteiger partial charge in [-0.1, -0.05) is 60.7 Å². The average Bonchev–Trinajstić information content (AvgIpc) is 3.83. The van der Waals surface area contributed by atoms with E-state index in [4.69, 9.17) is 29.5 Å². The van der Waals surface area contributed by atoms with E-state index in [1.165, 1.54) is 0 Å². The monoisotopic (exact) mass is 708 g/mol. The van der Waals surface area contributed by atoms with Gasteiger partial charge in [-0.2, -0.15) is 10.5 Å². The van der Waals surface area contributed by atoms with Crippen LogP contribution in [-0.2, 0) is 19.1 Å². The number of unbranched alkanes of at least 4 members (excludes halogenated alkanes) is 4. The van der Waals surface area contributed by atoms with Gasteiger partial charge in [-0.3, -0.25) is 9.59 Å². The van der Waals surface area contributed by atoms with Crippen molar-refractivity contribution < 1.29 is 28.5 Å². The lowest BCUT2D eigenvalue weighted by Crippen LogP contribution is -2.35. The smallest absolute Gasteiger partial charge is 0.310 e. The van der Waals surface area contributed by atoms with Gasteiger partial charge >= 0.3 is 11.9 Å². The van der Waals surface area contributed by atoms with Crippen molar-refractivity contribution in [2.45, 2.75) is 44.9 Å². The maximum Gasteiger partial charge on any atom is 0.310 e. The third-order valence-electron chi connectivity index (χ3n) is 10.0. The Bertz CT molecular complexity index is 1780. The summed E-state index contributed by atoms with van der Waals surface area (Å²) in [6.45, 7) is 1.78. The maximum absolute atomic E-state index is 13.1. The molecule has 0 amide bonds. The first kappa shape index (κ1) is 36.9. The van der Waals surface area contributed by atoms with Crippen LogP contribution >= 0.6 is 0 Å². The van der Waals surface area contributed by atoms with Crippen molar-refractivity contribution in [3.05, 3.63) is 120 Å². The van der Waals surface area contributed by atoms with Gasteiger partial charge in [0.2, 0.25) is 0 Å². The molecule has 1 fully saturated rings. The standard InChI is InChI=1S/C45H44N2O6/c46-30-32-7-11-34(12-8-32)36-17-21-40(22-18-36)50-25-3-1-5-27-52-44(48)42-38-15-16-39(29-38)43(42)45(49)53-28-6-2-4-26-51-41-23-19-37(20-24-41)35-13-9-33(31-47)10-14-35/h7-24,38-39,42-43H,1-6,25-29H2/t38-,39+,42-,43-/m0/s1. The molecule has 270 valence electrons. The van der Waals surface area contributed by atoms with Gasteiger partial charge in [-0.25, -0.2) is 0 Å². The molecular formula is C45H44N2O6. The molecule has 0 spiro atoms. The Morgan fingerprint density at radius 3 is 1.19 bits per heavy atom. The molecule has 8 nitrogen and oxygen atoms in total. The number of allylic oxidation sites excluding steroid dienone is 2. The van der Waals surface area contributed by atoms with Gasteiger partial charge in [0.15, 0.2) is 0 Å². The Morgan fingerprint density at radius 1 is 0.491 bits per heavy atom. The number of esters is 2. The van der Waals surface area contributed by atoms with Gasteiger partial charge in [0, 0.05) is 0 Å². The zero-order chi connectivity index (χ0) is 36.8. The number of nitriles is 2. The average molecular weight is 709 g/mol. The van der Waals surface area contributed by atoms with Crippen molar-refractivity contribution in [2.24, 2.45) is 23.7 Å². The van der Waals surface area contributed by atoms with E-state index < -0.39 is 11.8 Å². The molecule has 53 heavy (non-hydrogen) atoms. The maximum atomic E-state index is 13.1. The fourth-order valence-electron chi connectivity index (χ4n) is 7.11. The second-order valence-electron chi connectivity index (χ2n) is 13.6. The lowest BCUT2D eigenvalue weighted by atomic mass is 9.83. The van der Waals surface area contributed by atoms with Crippen LogP contribution in [0.2, 0.25) is 0 Å². The Morgan fingerprint density at radius 2 is 0.830 bits per heavy atom. The van der Waals surface area contributed by atoms with E-state index in [1.807, 2.05) is 97.1 Å². The molecule has 0 aromatic heterocycles. The molecule has 0 radical (unpaired) electrons. The van der Waals surface area contributed by atoms with E-state index in [-0.39, 0.29) is 23.8 Å². The summed E-state index contributed by atoms with van der Waals surface area (Å²) in [6.07, 6.45) is 9.73. The summed E-state index contributed by atoms with van der Waals surface area (Å²) < 4.78 is 23.1. The fraction of sp³-hybridized carbons (Fsp3) is 0.333. The second kappa shape index (κ2) is 18.6. The van der Waals surface area contributed by atoms with E-state index in [1.54, 1.807) is 0 Å². The largest absolute Gasteiger partial charge is 0.494 e. The van der Waals surface area contributed by atoms with E-state index in [0.29, 0.717) is 37.6 Å². The van der Waals surface area contributed by atoms with Crippen LogP contribution in [0.4, 0.5) is 0 Å². The minimum absolute atomic E-state index is 0.0251. The fourth-order valence-corrected chi connectivity index (χ4v) is 7.11. The number of hydrogen-bond acceptors (Lipinski definition) is 8. The summed E-state index contributed by atoms with van der Waals surface area (Å²) in [7, 11) is 0. The van der Waals surface area contributed by atoms with Gasteiger partial charge < -0.3 is 18.9 Å². The number of hydrogen-bond donors (Lipinski definition) is 0. The van der Waals surface area contributed by atoms with E-state index in [2.05, 4.69) is 24.3 Å². The van der Waals surface area contributed by atoms with Crippen LogP contribution in [0.1, 0.15) is 56.1 Å². The van der Waals surface area contributed by atoms with E-state index in [0.717, 1.165) is 78.7 Å². The van der Waals surface area contributed by atoms with Crippen LogP contribution in [0.3, 0.4) is 0 Å². The number of fused-ring (bicyclic) bond motifs is 2. The Hall–Kier alpha value is -5.86. The molecule has 4 aromatic carbocycles. The highest BCUT2D eigenvalue weighted by molar-refractivity contribution is 5.84. The van der Waals surface area contributed by atoms with Crippen LogP contribution in [0.25, 0.3) is 22.3 Å². The first-order valence-corrected chi connectivity index (χ1v) is 18.5. The highest BCUT2D eigenvalue weighted by atomic mass is 16.5. The van der Waals surface area contributed by atoms with Crippen molar-refractivity contribution in [1.82, 2.24) is 0 Å². The van der Waals surface area contributed by atoms with Crippen LogP contribution < -0.4 is 9.47 Å². The number of carbonyl (C=O) groups excluding carboxylic acids is 2. The van der Waals surface area contributed by atoms with Crippen molar-refractivity contribution >= 4 is 11.9 Å². The topological polar surface area (TPSA) is 119 Å².